The van der Waals surface area contributed by atoms with E-state index in [1.54, 1.807) is 35.0 Å². The van der Waals surface area contributed by atoms with E-state index in [9.17, 15) is 8.78 Å². The van der Waals surface area contributed by atoms with Crippen molar-refractivity contribution in [3.05, 3.63) is 66.1 Å². The Balaban J connectivity index is 1.57. The third-order valence-electron chi connectivity index (χ3n) is 4.87. The van der Waals surface area contributed by atoms with Crippen molar-refractivity contribution in [3.63, 3.8) is 0 Å². The summed E-state index contributed by atoms with van der Waals surface area (Å²) in [7, 11) is 0. The van der Waals surface area contributed by atoms with Gasteiger partial charge >= 0.3 is 0 Å². The maximum Gasteiger partial charge on any atom is 0.183 e. The molecule has 4 heterocycles. The molecule has 1 aliphatic rings. The molecular weight excluding hydrogens is 378 g/mol. The van der Waals surface area contributed by atoms with Crippen molar-refractivity contribution in [1.29, 1.82) is 0 Å². The zero-order valence-corrected chi connectivity index (χ0v) is 15.3. The highest BCUT2D eigenvalue weighted by Gasteiger charge is 2.22. The van der Waals surface area contributed by atoms with Gasteiger partial charge in [0, 0.05) is 24.7 Å². The molecular formula is C20H16F2N6O. The summed E-state index contributed by atoms with van der Waals surface area (Å²) >= 11 is 0. The lowest BCUT2D eigenvalue weighted by Gasteiger charge is -2.32. The molecule has 1 fully saturated rings. The van der Waals surface area contributed by atoms with E-state index in [-0.39, 0.29) is 18.2 Å². The Morgan fingerprint density at radius 2 is 1.90 bits per heavy atom. The number of rotatable bonds is 5. The minimum absolute atomic E-state index is 0.190. The second-order valence-corrected chi connectivity index (χ2v) is 6.75. The van der Waals surface area contributed by atoms with Gasteiger partial charge in [0.25, 0.3) is 0 Å². The van der Waals surface area contributed by atoms with Gasteiger partial charge < -0.3 is 9.42 Å². The summed E-state index contributed by atoms with van der Waals surface area (Å²) in [5, 5.41) is 8.51. The maximum absolute atomic E-state index is 14.2. The third kappa shape index (κ3) is 3.24. The van der Waals surface area contributed by atoms with Crippen LogP contribution in [0.25, 0.3) is 22.9 Å². The van der Waals surface area contributed by atoms with Crippen LogP contribution in [0, 0.1) is 11.6 Å². The van der Waals surface area contributed by atoms with E-state index in [1.165, 1.54) is 12.3 Å². The first kappa shape index (κ1) is 17.5. The Morgan fingerprint density at radius 1 is 1.03 bits per heavy atom. The molecule has 7 nitrogen and oxygen atoms in total. The van der Waals surface area contributed by atoms with Crippen LogP contribution in [0.15, 0.2) is 53.4 Å². The van der Waals surface area contributed by atoms with Crippen molar-refractivity contribution >= 4 is 5.82 Å². The Labute approximate surface area is 164 Å². The minimum Gasteiger partial charge on any atom is -0.364 e. The molecule has 0 spiro atoms. The predicted molar refractivity (Wildman–Crippen MR) is 101 cm³/mol. The van der Waals surface area contributed by atoms with E-state index >= 15 is 0 Å². The van der Waals surface area contributed by atoms with E-state index in [0.29, 0.717) is 28.5 Å². The Bertz CT molecular complexity index is 1150. The smallest absolute Gasteiger partial charge is 0.183 e. The van der Waals surface area contributed by atoms with Gasteiger partial charge in [0.1, 0.15) is 23.5 Å². The van der Waals surface area contributed by atoms with Gasteiger partial charge in [-0.1, -0.05) is 23.4 Å². The van der Waals surface area contributed by atoms with Crippen molar-refractivity contribution in [1.82, 2.24) is 24.9 Å². The van der Waals surface area contributed by atoms with Crippen LogP contribution in [0.3, 0.4) is 0 Å². The average molecular weight is 394 g/mol. The van der Waals surface area contributed by atoms with Crippen molar-refractivity contribution in [2.45, 2.75) is 13.0 Å². The fourth-order valence-corrected chi connectivity index (χ4v) is 3.22. The topological polar surface area (TPSA) is 72.9 Å². The predicted octanol–water partition coefficient (Wildman–Crippen LogP) is 3.53. The van der Waals surface area contributed by atoms with Gasteiger partial charge in [-0.3, -0.25) is 4.68 Å². The zero-order chi connectivity index (χ0) is 19.8. The van der Waals surface area contributed by atoms with Crippen LogP contribution in [0.2, 0.25) is 0 Å². The average Bonchev–Trinajstić information content (AvgIpc) is 3.34. The summed E-state index contributed by atoms with van der Waals surface area (Å²) in [5.41, 5.74) is 2.09. The van der Waals surface area contributed by atoms with Crippen LogP contribution in [0.4, 0.5) is 14.6 Å². The number of anilines is 1. The third-order valence-corrected chi connectivity index (χ3v) is 4.87. The van der Waals surface area contributed by atoms with Gasteiger partial charge in [0.2, 0.25) is 0 Å². The molecule has 146 valence electrons. The van der Waals surface area contributed by atoms with E-state index in [4.69, 9.17) is 4.52 Å². The van der Waals surface area contributed by atoms with Gasteiger partial charge in [0.15, 0.2) is 17.5 Å². The van der Waals surface area contributed by atoms with E-state index < -0.39 is 5.82 Å². The van der Waals surface area contributed by atoms with E-state index in [2.05, 4.69) is 20.2 Å². The van der Waals surface area contributed by atoms with Crippen LogP contribution in [0.5, 0.6) is 0 Å². The molecule has 1 aromatic carbocycles. The van der Waals surface area contributed by atoms with Gasteiger partial charge in [-0.15, -0.1) is 0 Å². The Hall–Kier alpha value is -3.62. The summed E-state index contributed by atoms with van der Waals surface area (Å²) in [6.45, 7) is 1.72. The first-order valence-electron chi connectivity index (χ1n) is 9.19. The molecule has 29 heavy (non-hydrogen) atoms. The van der Waals surface area contributed by atoms with Gasteiger partial charge in [-0.2, -0.15) is 5.10 Å². The number of benzene rings is 1. The van der Waals surface area contributed by atoms with Crippen molar-refractivity contribution in [3.8, 4) is 22.9 Å². The molecule has 9 heteroatoms. The van der Waals surface area contributed by atoms with Crippen LogP contribution in [-0.4, -0.2) is 38.0 Å². The normalized spacial score (nSPS) is 13.5. The van der Waals surface area contributed by atoms with Crippen molar-refractivity contribution in [2.24, 2.45) is 0 Å². The molecule has 0 unspecified atom stereocenters. The van der Waals surface area contributed by atoms with Gasteiger partial charge in [-0.05, 0) is 18.6 Å². The summed E-state index contributed by atoms with van der Waals surface area (Å²) in [4.78, 5) is 10.3. The van der Waals surface area contributed by atoms with E-state index in [1.807, 2.05) is 4.90 Å². The van der Waals surface area contributed by atoms with E-state index in [0.717, 1.165) is 25.7 Å². The molecule has 5 rings (SSSR count). The second kappa shape index (κ2) is 7.08. The van der Waals surface area contributed by atoms with Crippen molar-refractivity contribution < 1.29 is 13.3 Å². The molecule has 0 atom stereocenters. The van der Waals surface area contributed by atoms with Crippen LogP contribution >= 0.6 is 0 Å². The van der Waals surface area contributed by atoms with Gasteiger partial charge in [-0.25, -0.2) is 18.7 Å². The second-order valence-electron chi connectivity index (χ2n) is 6.75. The lowest BCUT2D eigenvalue weighted by atomic mass is 10.2. The molecule has 1 saturated heterocycles. The SMILES string of the molecule is Fc1ccccc1Cn1nc(-c2ncc(F)c(N3CCC3)n2)cc1-c1ccon1. The molecule has 1 aliphatic heterocycles. The number of hydrogen-bond donors (Lipinski definition) is 0. The lowest BCUT2D eigenvalue weighted by Crippen LogP contribution is -2.38. The number of nitrogens with zero attached hydrogens (tertiary/aromatic N) is 6. The van der Waals surface area contributed by atoms with Crippen LogP contribution in [-0.2, 0) is 6.54 Å². The fourth-order valence-electron chi connectivity index (χ4n) is 3.22. The summed E-state index contributed by atoms with van der Waals surface area (Å²) in [5.74, 6) is -0.220. The van der Waals surface area contributed by atoms with Crippen LogP contribution < -0.4 is 4.90 Å². The summed E-state index contributed by atoms with van der Waals surface area (Å²) < 4.78 is 34.9. The number of halogens is 2. The minimum atomic E-state index is -0.462. The number of hydrogen-bond acceptors (Lipinski definition) is 6. The van der Waals surface area contributed by atoms with Crippen molar-refractivity contribution in [2.75, 3.05) is 18.0 Å². The first-order valence-corrected chi connectivity index (χ1v) is 9.19. The Morgan fingerprint density at radius 3 is 2.62 bits per heavy atom. The standard InChI is InChI=1S/C20H16F2N6O/c21-14-5-2-1-4-13(14)12-28-18(16-6-9-29-26-16)10-17(25-28)19-23-11-15(22)20(24-19)27-7-3-8-27/h1-2,4-6,9-11H,3,7-8,12H2. The molecule has 3 aromatic heterocycles. The highest BCUT2D eigenvalue weighted by Crippen LogP contribution is 2.27. The molecule has 0 N–H and O–H groups in total. The number of aromatic nitrogens is 5. The summed E-state index contributed by atoms with van der Waals surface area (Å²) in [6.07, 6.45) is 3.61. The largest absolute Gasteiger partial charge is 0.364 e. The quantitative estimate of drug-likeness (QED) is 0.516. The summed E-state index contributed by atoms with van der Waals surface area (Å²) in [6, 6.07) is 9.93. The monoisotopic (exact) mass is 394 g/mol. The molecule has 0 amide bonds. The molecule has 0 saturated carbocycles. The highest BCUT2D eigenvalue weighted by atomic mass is 19.1. The Kier molecular flexibility index (Phi) is 4.27. The first-order chi connectivity index (χ1) is 14.2. The molecule has 0 bridgehead atoms. The maximum atomic E-state index is 14.2. The molecule has 4 aromatic rings. The zero-order valence-electron chi connectivity index (χ0n) is 15.3. The van der Waals surface area contributed by atoms with Gasteiger partial charge in [0.05, 0.1) is 18.4 Å². The highest BCUT2D eigenvalue weighted by molar-refractivity contribution is 5.63. The molecule has 0 aliphatic carbocycles. The molecule has 0 radical (unpaired) electrons. The fraction of sp³-hybridized carbons (Fsp3) is 0.200. The lowest BCUT2D eigenvalue weighted by molar-refractivity contribution is 0.421. The van der Waals surface area contributed by atoms with Crippen LogP contribution in [0.1, 0.15) is 12.0 Å².